The second kappa shape index (κ2) is 6.30. The summed E-state index contributed by atoms with van der Waals surface area (Å²) in [5.41, 5.74) is 5.87. The van der Waals surface area contributed by atoms with Gasteiger partial charge >= 0.3 is 0 Å². The molecule has 0 saturated carbocycles. The molecule has 0 spiro atoms. The van der Waals surface area contributed by atoms with Crippen molar-refractivity contribution in [1.29, 1.82) is 0 Å². The second-order valence-electron chi connectivity index (χ2n) is 4.75. The van der Waals surface area contributed by atoms with E-state index >= 15 is 0 Å². The Kier molecular flexibility index (Phi) is 4.98. The molecular formula is C12H21N3OS2. The highest BCUT2D eigenvalue weighted by Gasteiger charge is 2.31. The maximum Gasteiger partial charge on any atom is 0.231 e. The van der Waals surface area contributed by atoms with Crippen molar-refractivity contribution in [2.24, 2.45) is 5.73 Å². The molecule has 1 aliphatic rings. The minimum absolute atomic E-state index is 0.0358. The number of nitrogens with zero attached hydrogens (tertiary/aromatic N) is 2. The Morgan fingerprint density at radius 2 is 2.11 bits per heavy atom. The first-order valence-electron chi connectivity index (χ1n) is 6.45. The Morgan fingerprint density at radius 3 is 2.78 bits per heavy atom. The number of hydrogen-bond donors (Lipinski definition) is 1. The highest BCUT2D eigenvalue weighted by Crippen LogP contribution is 2.43. The van der Waals surface area contributed by atoms with Crippen LogP contribution in [0.5, 0.6) is 0 Å². The first kappa shape index (κ1) is 14.2. The summed E-state index contributed by atoms with van der Waals surface area (Å²) in [5, 5.41) is 5.13. The van der Waals surface area contributed by atoms with E-state index in [-0.39, 0.29) is 12.0 Å². The summed E-state index contributed by atoms with van der Waals surface area (Å²) in [7, 11) is 0. The summed E-state index contributed by atoms with van der Waals surface area (Å²) in [4.78, 5) is 4.56. The van der Waals surface area contributed by atoms with Gasteiger partial charge in [0.05, 0.1) is 11.2 Å². The Balaban J connectivity index is 2.13. The lowest BCUT2D eigenvalue weighted by Gasteiger charge is -2.27. The summed E-state index contributed by atoms with van der Waals surface area (Å²) in [6.45, 7) is 6.22. The molecule has 1 aliphatic heterocycles. The van der Waals surface area contributed by atoms with Crippen molar-refractivity contribution >= 4 is 23.5 Å². The van der Waals surface area contributed by atoms with Crippen LogP contribution in [0.15, 0.2) is 4.52 Å². The quantitative estimate of drug-likeness (QED) is 0.918. The summed E-state index contributed by atoms with van der Waals surface area (Å²) in [5.74, 6) is 4.03. The summed E-state index contributed by atoms with van der Waals surface area (Å²) >= 11 is 3.97. The number of rotatable bonds is 4. The monoisotopic (exact) mass is 287 g/mol. The van der Waals surface area contributed by atoms with Crippen LogP contribution in [-0.2, 0) is 0 Å². The Bertz CT molecular complexity index is 383. The molecule has 18 heavy (non-hydrogen) atoms. The van der Waals surface area contributed by atoms with E-state index in [1.54, 1.807) is 0 Å². The van der Waals surface area contributed by atoms with E-state index in [0.29, 0.717) is 16.4 Å². The van der Waals surface area contributed by atoms with E-state index in [1.807, 2.05) is 37.4 Å². The molecular weight excluding hydrogens is 266 g/mol. The molecule has 0 amide bonds. The number of thioether (sulfide) groups is 2. The van der Waals surface area contributed by atoms with Crippen LogP contribution in [0.2, 0.25) is 0 Å². The fourth-order valence-electron chi connectivity index (χ4n) is 1.91. The molecule has 0 aromatic carbocycles. The van der Waals surface area contributed by atoms with Crippen LogP contribution in [0, 0.1) is 0 Å². The Labute approximate surface area is 117 Å². The zero-order valence-electron chi connectivity index (χ0n) is 11.1. The van der Waals surface area contributed by atoms with Gasteiger partial charge in [-0.15, -0.1) is 11.8 Å². The average molecular weight is 287 g/mol. The number of nitrogens with two attached hydrogens (primary N) is 1. The summed E-state index contributed by atoms with van der Waals surface area (Å²) < 4.78 is 5.37. The minimum atomic E-state index is 0.0358. The maximum atomic E-state index is 5.87. The SMILES string of the molecule is CCC1SCCSC1c1noc(C(C)C(C)N)n1. The first-order valence-corrected chi connectivity index (χ1v) is 8.55. The molecule has 1 fully saturated rings. The zero-order valence-corrected chi connectivity index (χ0v) is 12.8. The van der Waals surface area contributed by atoms with Crippen LogP contribution in [0.25, 0.3) is 0 Å². The second-order valence-corrected chi connectivity index (χ2v) is 7.34. The van der Waals surface area contributed by atoms with Crippen LogP contribution in [0.3, 0.4) is 0 Å². The van der Waals surface area contributed by atoms with Crippen LogP contribution >= 0.6 is 23.5 Å². The lowest BCUT2D eigenvalue weighted by molar-refractivity contribution is 0.342. The highest BCUT2D eigenvalue weighted by molar-refractivity contribution is 8.06. The smallest absolute Gasteiger partial charge is 0.231 e. The highest BCUT2D eigenvalue weighted by atomic mass is 32.2. The van der Waals surface area contributed by atoms with E-state index in [0.717, 1.165) is 12.2 Å². The third-order valence-electron chi connectivity index (χ3n) is 3.34. The van der Waals surface area contributed by atoms with Crippen molar-refractivity contribution in [3.8, 4) is 0 Å². The Hall–Kier alpha value is -0.200. The van der Waals surface area contributed by atoms with Gasteiger partial charge < -0.3 is 10.3 Å². The molecule has 4 atom stereocenters. The number of aromatic nitrogens is 2. The fraction of sp³-hybridized carbons (Fsp3) is 0.833. The van der Waals surface area contributed by atoms with E-state index < -0.39 is 0 Å². The van der Waals surface area contributed by atoms with Crippen LogP contribution in [-0.4, -0.2) is 32.9 Å². The van der Waals surface area contributed by atoms with Gasteiger partial charge in [-0.2, -0.15) is 16.7 Å². The molecule has 2 heterocycles. The summed E-state index contributed by atoms with van der Waals surface area (Å²) in [6, 6.07) is 0.0358. The van der Waals surface area contributed by atoms with Gasteiger partial charge in [0.1, 0.15) is 0 Å². The molecule has 4 unspecified atom stereocenters. The third kappa shape index (κ3) is 3.03. The van der Waals surface area contributed by atoms with E-state index in [4.69, 9.17) is 10.3 Å². The van der Waals surface area contributed by atoms with Gasteiger partial charge in [-0.25, -0.2) is 0 Å². The third-order valence-corrected chi connectivity index (χ3v) is 6.59. The minimum Gasteiger partial charge on any atom is -0.339 e. The van der Waals surface area contributed by atoms with Crippen molar-refractivity contribution in [1.82, 2.24) is 10.1 Å². The fourth-order valence-corrected chi connectivity index (χ4v) is 4.90. The van der Waals surface area contributed by atoms with Crippen molar-refractivity contribution in [2.45, 2.75) is 49.7 Å². The van der Waals surface area contributed by atoms with Crippen molar-refractivity contribution in [3.63, 3.8) is 0 Å². The molecule has 102 valence electrons. The van der Waals surface area contributed by atoms with E-state index in [2.05, 4.69) is 17.1 Å². The van der Waals surface area contributed by atoms with Crippen molar-refractivity contribution in [3.05, 3.63) is 11.7 Å². The predicted octanol–water partition coefficient (Wildman–Crippen LogP) is 2.82. The molecule has 1 aromatic heterocycles. The Morgan fingerprint density at radius 1 is 1.39 bits per heavy atom. The lowest BCUT2D eigenvalue weighted by Crippen LogP contribution is -2.23. The van der Waals surface area contributed by atoms with Crippen LogP contribution in [0.4, 0.5) is 0 Å². The van der Waals surface area contributed by atoms with E-state index in [9.17, 15) is 0 Å². The molecule has 1 aromatic rings. The van der Waals surface area contributed by atoms with Gasteiger partial charge in [-0.3, -0.25) is 0 Å². The van der Waals surface area contributed by atoms with Gasteiger partial charge in [0.2, 0.25) is 5.89 Å². The molecule has 2 rings (SSSR count). The van der Waals surface area contributed by atoms with Gasteiger partial charge in [-0.1, -0.05) is 19.0 Å². The van der Waals surface area contributed by atoms with Gasteiger partial charge in [0.25, 0.3) is 0 Å². The lowest BCUT2D eigenvalue weighted by atomic mass is 10.1. The number of hydrogen-bond acceptors (Lipinski definition) is 6. The van der Waals surface area contributed by atoms with Crippen molar-refractivity contribution in [2.75, 3.05) is 11.5 Å². The predicted molar refractivity (Wildman–Crippen MR) is 78.1 cm³/mol. The molecule has 0 radical (unpaired) electrons. The standard InChI is InChI=1S/C12H21N3OS2/c1-4-9-10(18-6-5-17-9)11-14-12(16-15-11)7(2)8(3)13/h7-10H,4-6,13H2,1-3H3. The molecule has 4 nitrogen and oxygen atoms in total. The van der Waals surface area contributed by atoms with E-state index in [1.165, 1.54) is 11.5 Å². The zero-order chi connectivity index (χ0) is 13.1. The largest absolute Gasteiger partial charge is 0.339 e. The van der Waals surface area contributed by atoms with Gasteiger partial charge in [0, 0.05) is 22.8 Å². The summed E-state index contributed by atoms with van der Waals surface area (Å²) in [6.07, 6.45) is 1.15. The van der Waals surface area contributed by atoms with Crippen molar-refractivity contribution < 1.29 is 4.52 Å². The maximum absolute atomic E-state index is 5.87. The molecule has 2 N–H and O–H groups in total. The van der Waals surface area contributed by atoms with Crippen LogP contribution in [0.1, 0.15) is 50.1 Å². The molecule has 0 bridgehead atoms. The molecule has 1 saturated heterocycles. The van der Waals surface area contributed by atoms with Gasteiger partial charge in [0.15, 0.2) is 5.82 Å². The topological polar surface area (TPSA) is 64.9 Å². The van der Waals surface area contributed by atoms with Gasteiger partial charge in [-0.05, 0) is 13.3 Å². The molecule has 0 aliphatic carbocycles. The van der Waals surface area contributed by atoms with Crippen LogP contribution < -0.4 is 5.73 Å². The first-order chi connectivity index (χ1) is 8.63. The normalized spacial score (nSPS) is 28.0. The molecule has 6 heteroatoms. The average Bonchev–Trinajstić information content (AvgIpc) is 2.87.